The molecule has 0 fully saturated rings. The summed E-state index contributed by atoms with van der Waals surface area (Å²) in [5, 5.41) is 3.62. The second-order valence-electron chi connectivity index (χ2n) is 5.30. The highest BCUT2D eigenvalue weighted by Gasteiger charge is 2.25. The fourth-order valence-corrected chi connectivity index (χ4v) is 2.98. The minimum atomic E-state index is -0.231. The molecule has 2 unspecified atom stereocenters. The summed E-state index contributed by atoms with van der Waals surface area (Å²) in [6.45, 7) is 2.09. The third-order valence-electron chi connectivity index (χ3n) is 4.00. The second-order valence-corrected chi connectivity index (χ2v) is 5.30. The largest absolute Gasteiger partial charge is 0.497 e. The number of hydrogen-bond acceptors (Lipinski definition) is 4. The minimum absolute atomic E-state index is 0.132. The van der Waals surface area contributed by atoms with E-state index in [4.69, 9.17) is 14.2 Å². The summed E-state index contributed by atoms with van der Waals surface area (Å²) in [7, 11) is 5.05. The minimum Gasteiger partial charge on any atom is -0.497 e. The lowest BCUT2D eigenvalue weighted by Crippen LogP contribution is -2.42. The monoisotopic (exact) mass is 279 g/mol. The highest BCUT2D eigenvalue weighted by atomic mass is 16.7. The molecular weight excluding hydrogens is 254 g/mol. The van der Waals surface area contributed by atoms with Gasteiger partial charge in [-0.3, -0.25) is 0 Å². The van der Waals surface area contributed by atoms with Crippen LogP contribution in [0.25, 0.3) is 0 Å². The molecule has 1 N–H and O–H groups in total. The smallest absolute Gasteiger partial charge is 0.171 e. The van der Waals surface area contributed by atoms with E-state index >= 15 is 0 Å². The van der Waals surface area contributed by atoms with Gasteiger partial charge in [-0.05, 0) is 49.4 Å². The van der Waals surface area contributed by atoms with Crippen molar-refractivity contribution in [3.05, 3.63) is 29.3 Å². The number of aryl methyl sites for hydroxylation is 1. The van der Waals surface area contributed by atoms with Crippen LogP contribution in [0.5, 0.6) is 5.75 Å². The second kappa shape index (κ2) is 7.07. The van der Waals surface area contributed by atoms with Crippen LogP contribution in [-0.4, -0.2) is 33.7 Å². The van der Waals surface area contributed by atoms with Crippen molar-refractivity contribution in [2.45, 2.75) is 44.6 Å². The zero-order valence-corrected chi connectivity index (χ0v) is 12.8. The topological polar surface area (TPSA) is 39.7 Å². The van der Waals surface area contributed by atoms with Crippen molar-refractivity contribution in [1.82, 2.24) is 5.32 Å². The summed E-state index contributed by atoms with van der Waals surface area (Å²) < 4.78 is 16.0. The highest BCUT2D eigenvalue weighted by molar-refractivity contribution is 5.39. The van der Waals surface area contributed by atoms with Gasteiger partial charge in [-0.15, -0.1) is 0 Å². The van der Waals surface area contributed by atoms with Crippen molar-refractivity contribution in [1.29, 1.82) is 0 Å². The molecule has 4 nitrogen and oxygen atoms in total. The number of ether oxygens (including phenoxy) is 3. The SMILES string of the molecule is COc1ccc2c(c1)C(NC(C)C(OC)OC)CCC2. The summed E-state index contributed by atoms with van der Waals surface area (Å²) in [5.41, 5.74) is 2.75. The standard InChI is InChI=1S/C16H25NO3/c1-11(16(19-3)20-4)17-15-7-5-6-12-8-9-13(18-2)10-14(12)15/h8-11,15-17H,5-7H2,1-4H3. The molecule has 1 aliphatic rings. The number of nitrogens with one attached hydrogen (secondary N) is 1. The van der Waals surface area contributed by atoms with Gasteiger partial charge in [0.05, 0.1) is 13.2 Å². The molecule has 0 spiro atoms. The Morgan fingerprint density at radius 1 is 1.20 bits per heavy atom. The van der Waals surface area contributed by atoms with Gasteiger partial charge in [0.2, 0.25) is 0 Å². The maximum atomic E-state index is 5.35. The predicted octanol–water partition coefficient (Wildman–Crippen LogP) is 2.67. The van der Waals surface area contributed by atoms with Gasteiger partial charge in [0, 0.05) is 20.3 Å². The van der Waals surface area contributed by atoms with E-state index in [9.17, 15) is 0 Å². The number of hydrogen-bond donors (Lipinski definition) is 1. The zero-order valence-electron chi connectivity index (χ0n) is 12.8. The molecule has 0 saturated heterocycles. The number of rotatable bonds is 6. The molecule has 0 aliphatic heterocycles. The van der Waals surface area contributed by atoms with E-state index in [0.717, 1.165) is 18.6 Å². The van der Waals surface area contributed by atoms with Crippen LogP contribution in [0.1, 0.15) is 36.9 Å². The van der Waals surface area contributed by atoms with Crippen molar-refractivity contribution < 1.29 is 14.2 Å². The van der Waals surface area contributed by atoms with Crippen LogP contribution in [0.2, 0.25) is 0 Å². The maximum Gasteiger partial charge on any atom is 0.171 e. The predicted molar refractivity (Wildman–Crippen MR) is 79.1 cm³/mol. The molecule has 20 heavy (non-hydrogen) atoms. The average Bonchev–Trinajstić information content (AvgIpc) is 2.48. The summed E-state index contributed by atoms with van der Waals surface area (Å²) in [6.07, 6.45) is 3.24. The van der Waals surface area contributed by atoms with E-state index in [-0.39, 0.29) is 12.3 Å². The molecule has 2 rings (SSSR count). The Kier molecular flexibility index (Phi) is 5.40. The first kappa shape index (κ1) is 15.3. The van der Waals surface area contributed by atoms with Gasteiger partial charge in [-0.2, -0.15) is 0 Å². The molecule has 1 aliphatic carbocycles. The van der Waals surface area contributed by atoms with E-state index in [1.165, 1.54) is 17.5 Å². The van der Waals surface area contributed by atoms with Crippen LogP contribution in [-0.2, 0) is 15.9 Å². The molecule has 0 radical (unpaired) electrons. The van der Waals surface area contributed by atoms with Crippen LogP contribution < -0.4 is 10.1 Å². The lowest BCUT2D eigenvalue weighted by Gasteiger charge is -2.32. The summed E-state index contributed by atoms with van der Waals surface area (Å²) in [6, 6.07) is 6.82. The molecular formula is C16H25NO3. The van der Waals surface area contributed by atoms with Gasteiger partial charge in [0.15, 0.2) is 6.29 Å². The molecule has 0 saturated carbocycles. The lowest BCUT2D eigenvalue weighted by atomic mass is 9.87. The highest BCUT2D eigenvalue weighted by Crippen LogP contribution is 2.32. The molecule has 1 aromatic rings. The van der Waals surface area contributed by atoms with Gasteiger partial charge in [0.1, 0.15) is 5.75 Å². The van der Waals surface area contributed by atoms with Crippen LogP contribution >= 0.6 is 0 Å². The number of fused-ring (bicyclic) bond motifs is 1. The fourth-order valence-electron chi connectivity index (χ4n) is 2.98. The Labute approximate surface area is 121 Å². The lowest BCUT2D eigenvalue weighted by molar-refractivity contribution is -0.121. The first-order chi connectivity index (χ1) is 9.69. The van der Waals surface area contributed by atoms with Crippen molar-refractivity contribution in [3.63, 3.8) is 0 Å². The molecule has 0 aromatic heterocycles. The van der Waals surface area contributed by atoms with Gasteiger partial charge >= 0.3 is 0 Å². The number of benzene rings is 1. The third kappa shape index (κ3) is 3.32. The summed E-state index contributed by atoms with van der Waals surface area (Å²) in [4.78, 5) is 0. The molecule has 0 heterocycles. The van der Waals surface area contributed by atoms with Crippen LogP contribution in [0.3, 0.4) is 0 Å². The number of methoxy groups -OCH3 is 3. The average molecular weight is 279 g/mol. The normalized spacial score (nSPS) is 19.8. The van der Waals surface area contributed by atoms with E-state index in [2.05, 4.69) is 24.4 Å². The zero-order chi connectivity index (χ0) is 14.5. The Morgan fingerprint density at radius 3 is 2.60 bits per heavy atom. The van der Waals surface area contributed by atoms with E-state index in [1.54, 1.807) is 21.3 Å². The third-order valence-corrected chi connectivity index (χ3v) is 4.00. The van der Waals surface area contributed by atoms with Gasteiger partial charge < -0.3 is 19.5 Å². The Bertz CT molecular complexity index is 432. The Morgan fingerprint density at radius 2 is 1.95 bits per heavy atom. The van der Waals surface area contributed by atoms with Gasteiger partial charge in [0.25, 0.3) is 0 Å². The molecule has 0 bridgehead atoms. The molecule has 4 heteroatoms. The van der Waals surface area contributed by atoms with Gasteiger partial charge in [-0.25, -0.2) is 0 Å². The summed E-state index contributed by atoms with van der Waals surface area (Å²) in [5.74, 6) is 0.917. The maximum absolute atomic E-state index is 5.35. The molecule has 2 atom stereocenters. The van der Waals surface area contributed by atoms with Crippen molar-refractivity contribution in [2.75, 3.05) is 21.3 Å². The Hall–Kier alpha value is -1.10. The van der Waals surface area contributed by atoms with E-state index in [0.29, 0.717) is 6.04 Å². The summed E-state index contributed by atoms with van der Waals surface area (Å²) >= 11 is 0. The van der Waals surface area contributed by atoms with E-state index < -0.39 is 0 Å². The molecule has 0 amide bonds. The van der Waals surface area contributed by atoms with Crippen LogP contribution in [0, 0.1) is 0 Å². The van der Waals surface area contributed by atoms with Crippen LogP contribution in [0.15, 0.2) is 18.2 Å². The van der Waals surface area contributed by atoms with E-state index in [1.807, 2.05) is 6.07 Å². The van der Waals surface area contributed by atoms with Crippen molar-refractivity contribution >= 4 is 0 Å². The molecule has 112 valence electrons. The van der Waals surface area contributed by atoms with Crippen LogP contribution in [0.4, 0.5) is 0 Å². The first-order valence-corrected chi connectivity index (χ1v) is 7.18. The van der Waals surface area contributed by atoms with Crippen molar-refractivity contribution in [3.8, 4) is 5.75 Å². The Balaban J connectivity index is 2.15. The quantitative estimate of drug-likeness (QED) is 0.813. The fraction of sp³-hybridized carbons (Fsp3) is 0.625. The van der Waals surface area contributed by atoms with Gasteiger partial charge in [-0.1, -0.05) is 6.07 Å². The first-order valence-electron chi connectivity index (χ1n) is 7.18. The van der Waals surface area contributed by atoms with Crippen molar-refractivity contribution in [2.24, 2.45) is 0 Å². The molecule has 1 aromatic carbocycles.